The minimum atomic E-state index is -1.52. The van der Waals surface area contributed by atoms with Crippen molar-refractivity contribution in [3.8, 4) is 0 Å². The molecule has 0 aromatic rings. The summed E-state index contributed by atoms with van der Waals surface area (Å²) >= 11 is 7.02. The van der Waals surface area contributed by atoms with Crippen molar-refractivity contribution < 1.29 is 4.52 Å². The van der Waals surface area contributed by atoms with Gasteiger partial charge in [-0.3, -0.25) is 0 Å². The Bertz CT molecular complexity index is 168. The van der Waals surface area contributed by atoms with E-state index in [-0.39, 0.29) is 0 Å². The van der Waals surface area contributed by atoms with Crippen molar-refractivity contribution in [3.63, 3.8) is 0 Å². The van der Waals surface area contributed by atoms with Crippen molar-refractivity contribution >= 4 is 28.7 Å². The van der Waals surface area contributed by atoms with Crippen molar-refractivity contribution in [1.82, 2.24) is 0 Å². The normalized spacial score (nSPS) is 17.0. The Morgan fingerprint density at radius 3 is 2.73 bits per heavy atom. The number of hydrogen-bond acceptors (Lipinski definition) is 3. The largest absolute Gasteiger partial charge is 0.342 e. The van der Waals surface area contributed by atoms with Crippen LogP contribution in [0.2, 0.25) is 0 Å². The van der Waals surface area contributed by atoms with E-state index in [1.165, 1.54) is 0 Å². The fourth-order valence-electron chi connectivity index (χ4n) is 0.546. The molecule has 1 atom stereocenters. The molecular weight excluding hydrogens is 195 g/mol. The quantitative estimate of drug-likeness (QED) is 0.509. The molecule has 0 N–H and O–H groups in total. The second-order valence-corrected chi connectivity index (χ2v) is 10.1. The van der Waals surface area contributed by atoms with Crippen LogP contribution in [0.5, 0.6) is 0 Å². The van der Waals surface area contributed by atoms with Crippen molar-refractivity contribution in [2.24, 2.45) is 0 Å². The van der Waals surface area contributed by atoms with Gasteiger partial charge in [0.15, 0.2) is 0 Å². The van der Waals surface area contributed by atoms with Gasteiger partial charge in [0.05, 0.1) is 0 Å². The van der Waals surface area contributed by atoms with Crippen LogP contribution in [0.15, 0.2) is 12.2 Å². The van der Waals surface area contributed by atoms with E-state index in [9.17, 15) is 0 Å². The van der Waals surface area contributed by atoms with E-state index in [0.717, 1.165) is 12.4 Å². The monoisotopic (exact) mass is 210 g/mol. The van der Waals surface area contributed by atoms with Crippen molar-refractivity contribution in [1.29, 1.82) is 0 Å². The summed E-state index contributed by atoms with van der Waals surface area (Å²) in [6.07, 6.45) is 4.14. The van der Waals surface area contributed by atoms with Gasteiger partial charge in [0.1, 0.15) is 5.47 Å². The number of hydrogen-bond donors (Lipinski definition) is 0. The molecule has 0 amide bonds. The maximum Gasteiger partial charge on any atom is 0.117 e. The molecule has 0 radical (unpaired) electrons. The summed E-state index contributed by atoms with van der Waals surface area (Å²) in [6.45, 7) is 6.76. The molecule has 0 aliphatic heterocycles. The molecule has 0 aromatic carbocycles. The van der Waals surface area contributed by atoms with Gasteiger partial charge in [-0.15, -0.1) is 0 Å². The first-order chi connectivity index (χ1) is 5.12. The third kappa shape index (κ3) is 7.07. The van der Waals surface area contributed by atoms with Gasteiger partial charge >= 0.3 is 0 Å². The van der Waals surface area contributed by atoms with E-state index in [0.29, 0.717) is 0 Å². The van der Waals surface area contributed by atoms with Crippen LogP contribution in [-0.2, 0) is 16.3 Å². The molecule has 0 aliphatic carbocycles. The highest BCUT2D eigenvalue weighted by Gasteiger charge is 2.07. The van der Waals surface area contributed by atoms with Crippen molar-refractivity contribution in [2.75, 3.05) is 19.0 Å². The zero-order valence-corrected chi connectivity index (χ0v) is 9.77. The van der Waals surface area contributed by atoms with Gasteiger partial charge in [0.25, 0.3) is 0 Å². The van der Waals surface area contributed by atoms with Crippen LogP contribution in [0.3, 0.4) is 0 Å². The van der Waals surface area contributed by atoms with E-state index in [1.807, 2.05) is 26.6 Å². The molecule has 0 aliphatic rings. The zero-order chi connectivity index (χ0) is 8.74. The SMILES string of the molecule is CC=CCSP(C)(=S)OCC. The van der Waals surface area contributed by atoms with Crippen LogP contribution >= 0.6 is 16.8 Å². The fraction of sp³-hybridized carbons (Fsp3) is 0.714. The van der Waals surface area contributed by atoms with Gasteiger partial charge in [-0.2, -0.15) is 0 Å². The predicted molar refractivity (Wildman–Crippen MR) is 59.1 cm³/mol. The standard InChI is InChI=1S/C7H15OPS2/c1-4-6-7-11-9(3,10)8-5-2/h4,6H,5,7H2,1-3H3. The molecule has 1 unspecified atom stereocenters. The average Bonchev–Trinajstić information content (AvgIpc) is 1.87. The van der Waals surface area contributed by atoms with Crippen LogP contribution in [-0.4, -0.2) is 19.0 Å². The highest BCUT2D eigenvalue weighted by Crippen LogP contribution is 2.56. The third-order valence-electron chi connectivity index (χ3n) is 1.00. The summed E-state index contributed by atoms with van der Waals surface area (Å²) in [7, 11) is 0. The van der Waals surface area contributed by atoms with Gasteiger partial charge in [-0.1, -0.05) is 35.3 Å². The number of rotatable bonds is 5. The average molecular weight is 210 g/mol. The van der Waals surface area contributed by atoms with E-state index in [1.54, 1.807) is 11.4 Å². The van der Waals surface area contributed by atoms with E-state index < -0.39 is 5.47 Å². The predicted octanol–water partition coefficient (Wildman–Crippen LogP) is 3.27. The second-order valence-electron chi connectivity index (χ2n) is 2.05. The summed E-state index contributed by atoms with van der Waals surface area (Å²) in [5, 5.41) is 0. The molecule has 0 spiro atoms. The first kappa shape index (κ1) is 11.7. The van der Waals surface area contributed by atoms with E-state index in [4.69, 9.17) is 16.3 Å². The van der Waals surface area contributed by atoms with Gasteiger partial charge < -0.3 is 4.52 Å². The molecule has 11 heavy (non-hydrogen) atoms. The Balaban J connectivity index is 3.64. The Morgan fingerprint density at radius 1 is 1.64 bits per heavy atom. The topological polar surface area (TPSA) is 9.23 Å². The minimum absolute atomic E-state index is 0.733. The van der Waals surface area contributed by atoms with Gasteiger partial charge in [0.2, 0.25) is 0 Å². The van der Waals surface area contributed by atoms with E-state index in [2.05, 4.69) is 6.08 Å². The Kier molecular flexibility index (Phi) is 6.64. The molecule has 66 valence electrons. The first-order valence-corrected chi connectivity index (χ1v) is 8.36. The Labute approximate surface area is 78.4 Å². The molecular formula is C7H15OPS2. The Morgan fingerprint density at radius 2 is 2.27 bits per heavy atom. The lowest BCUT2D eigenvalue weighted by Crippen LogP contribution is -1.83. The van der Waals surface area contributed by atoms with Crippen LogP contribution in [0, 0.1) is 0 Å². The fourth-order valence-corrected chi connectivity index (χ4v) is 4.11. The maximum absolute atomic E-state index is 5.43. The zero-order valence-electron chi connectivity index (χ0n) is 7.24. The van der Waals surface area contributed by atoms with Crippen LogP contribution in [0.1, 0.15) is 13.8 Å². The van der Waals surface area contributed by atoms with Crippen molar-refractivity contribution in [2.45, 2.75) is 13.8 Å². The number of allylic oxidation sites excluding steroid dienone is 1. The summed E-state index contributed by atoms with van der Waals surface area (Å²) < 4.78 is 5.43. The molecule has 0 heterocycles. The minimum Gasteiger partial charge on any atom is -0.342 e. The summed E-state index contributed by atoms with van der Waals surface area (Å²) in [6, 6.07) is 0. The molecule has 0 bridgehead atoms. The van der Waals surface area contributed by atoms with Crippen LogP contribution in [0.25, 0.3) is 0 Å². The molecule has 0 rings (SSSR count). The summed E-state index contributed by atoms with van der Waals surface area (Å²) in [5.41, 5.74) is -1.52. The van der Waals surface area contributed by atoms with Gasteiger partial charge in [0, 0.05) is 12.4 Å². The Hall–Kier alpha value is 0.700. The highest BCUT2D eigenvalue weighted by molar-refractivity contribution is 8.69. The van der Waals surface area contributed by atoms with Gasteiger partial charge in [-0.25, -0.2) is 0 Å². The molecule has 0 fully saturated rings. The van der Waals surface area contributed by atoms with Crippen LogP contribution in [0.4, 0.5) is 0 Å². The first-order valence-electron chi connectivity index (χ1n) is 3.60. The molecule has 0 aromatic heterocycles. The van der Waals surface area contributed by atoms with Crippen molar-refractivity contribution in [3.05, 3.63) is 12.2 Å². The molecule has 0 saturated heterocycles. The molecule has 1 nitrogen and oxygen atoms in total. The lowest BCUT2D eigenvalue weighted by atomic mass is 10.6. The lowest BCUT2D eigenvalue weighted by molar-refractivity contribution is 0.388. The van der Waals surface area contributed by atoms with Crippen LogP contribution < -0.4 is 0 Å². The smallest absolute Gasteiger partial charge is 0.117 e. The lowest BCUT2D eigenvalue weighted by Gasteiger charge is -2.13. The van der Waals surface area contributed by atoms with E-state index >= 15 is 0 Å². The maximum atomic E-state index is 5.43. The molecule has 0 saturated carbocycles. The van der Waals surface area contributed by atoms with Gasteiger partial charge in [-0.05, 0) is 20.5 Å². The summed E-state index contributed by atoms with van der Waals surface area (Å²) in [5.74, 6) is 0.976. The second kappa shape index (κ2) is 6.24. The summed E-state index contributed by atoms with van der Waals surface area (Å²) in [4.78, 5) is 0. The highest BCUT2D eigenvalue weighted by atomic mass is 32.9. The third-order valence-corrected chi connectivity index (χ3v) is 5.98. The molecule has 4 heteroatoms.